The molecule has 0 bridgehead atoms. The van der Waals surface area contributed by atoms with Crippen LogP contribution in [0.1, 0.15) is 17.0 Å². The van der Waals surface area contributed by atoms with E-state index in [4.69, 9.17) is 0 Å². The van der Waals surface area contributed by atoms with E-state index < -0.39 is 0 Å². The van der Waals surface area contributed by atoms with Gasteiger partial charge in [-0.15, -0.1) is 11.3 Å². The van der Waals surface area contributed by atoms with E-state index >= 15 is 0 Å². The van der Waals surface area contributed by atoms with Crippen molar-refractivity contribution in [2.75, 3.05) is 6.54 Å². The van der Waals surface area contributed by atoms with Gasteiger partial charge in [0.25, 0.3) is 0 Å². The zero-order valence-electron chi connectivity index (χ0n) is 10.7. The number of nitrogens with one attached hydrogen (secondary N) is 1. The van der Waals surface area contributed by atoms with Crippen LogP contribution >= 0.6 is 11.3 Å². The fraction of sp³-hybridized carbons (Fsp3) is 0.308. The molecule has 0 atom stereocenters. The van der Waals surface area contributed by atoms with E-state index in [0.717, 1.165) is 42.1 Å². The maximum atomic E-state index is 4.38. The standard InChI is InChI=1S/C13H15N5S/c1-10-4-13-15-6-11(7-18(13)17-10)5-14-3-2-12-8-19-9-16-12/h4,6-9,14H,2-3,5H2,1H3. The van der Waals surface area contributed by atoms with Crippen molar-refractivity contribution in [1.29, 1.82) is 0 Å². The van der Waals surface area contributed by atoms with E-state index in [9.17, 15) is 0 Å². The lowest BCUT2D eigenvalue weighted by atomic mass is 10.3. The summed E-state index contributed by atoms with van der Waals surface area (Å²) in [6.45, 7) is 3.69. The summed E-state index contributed by atoms with van der Waals surface area (Å²) in [7, 11) is 0. The average molecular weight is 273 g/mol. The number of nitrogens with zero attached hydrogens (tertiary/aromatic N) is 4. The normalized spacial score (nSPS) is 11.2. The summed E-state index contributed by atoms with van der Waals surface area (Å²) in [5, 5.41) is 9.84. The summed E-state index contributed by atoms with van der Waals surface area (Å²) in [6.07, 6.45) is 4.87. The first-order chi connectivity index (χ1) is 9.31. The van der Waals surface area contributed by atoms with Gasteiger partial charge in [0.1, 0.15) is 0 Å². The topological polar surface area (TPSA) is 55.1 Å². The zero-order chi connectivity index (χ0) is 13.1. The Balaban J connectivity index is 1.56. The summed E-state index contributed by atoms with van der Waals surface area (Å²) in [5.41, 5.74) is 6.03. The predicted molar refractivity (Wildman–Crippen MR) is 75.2 cm³/mol. The second kappa shape index (κ2) is 5.46. The molecule has 5 nitrogen and oxygen atoms in total. The van der Waals surface area contributed by atoms with Gasteiger partial charge in [0.15, 0.2) is 5.65 Å². The van der Waals surface area contributed by atoms with Gasteiger partial charge in [-0.2, -0.15) is 5.10 Å². The third kappa shape index (κ3) is 2.97. The molecule has 3 rings (SSSR count). The van der Waals surface area contributed by atoms with Crippen molar-refractivity contribution in [3.63, 3.8) is 0 Å². The Morgan fingerprint density at radius 3 is 3.16 bits per heavy atom. The zero-order valence-corrected chi connectivity index (χ0v) is 11.5. The van der Waals surface area contributed by atoms with Gasteiger partial charge in [-0.1, -0.05) is 0 Å². The second-order valence-corrected chi connectivity index (χ2v) is 5.18. The molecule has 0 saturated heterocycles. The molecule has 0 spiro atoms. The highest BCUT2D eigenvalue weighted by Gasteiger charge is 2.01. The van der Waals surface area contributed by atoms with Crippen LogP contribution in [0.3, 0.4) is 0 Å². The molecule has 0 aromatic carbocycles. The summed E-state index contributed by atoms with van der Waals surface area (Å²) < 4.78 is 1.83. The highest BCUT2D eigenvalue weighted by molar-refractivity contribution is 7.07. The molecule has 0 aliphatic rings. The van der Waals surface area contributed by atoms with Gasteiger partial charge in [0.05, 0.1) is 16.9 Å². The van der Waals surface area contributed by atoms with Crippen molar-refractivity contribution < 1.29 is 0 Å². The van der Waals surface area contributed by atoms with Crippen molar-refractivity contribution in [2.45, 2.75) is 19.9 Å². The van der Waals surface area contributed by atoms with Gasteiger partial charge < -0.3 is 5.32 Å². The molecule has 0 unspecified atom stereocenters. The predicted octanol–water partition coefficient (Wildman–Crippen LogP) is 1.83. The van der Waals surface area contributed by atoms with E-state index in [0.29, 0.717) is 0 Å². The molecule has 0 aliphatic heterocycles. The number of hydrogen-bond acceptors (Lipinski definition) is 5. The first-order valence-corrected chi connectivity index (χ1v) is 7.14. The molecule has 0 saturated carbocycles. The van der Waals surface area contributed by atoms with E-state index in [2.05, 4.69) is 25.8 Å². The van der Waals surface area contributed by atoms with E-state index in [1.54, 1.807) is 11.3 Å². The highest BCUT2D eigenvalue weighted by Crippen LogP contribution is 2.05. The fourth-order valence-electron chi connectivity index (χ4n) is 1.94. The molecular formula is C13H15N5S. The quantitative estimate of drug-likeness (QED) is 0.721. The van der Waals surface area contributed by atoms with E-state index in [-0.39, 0.29) is 0 Å². The summed E-state index contributed by atoms with van der Waals surface area (Å²) >= 11 is 1.64. The second-order valence-electron chi connectivity index (χ2n) is 4.46. The van der Waals surface area contributed by atoms with E-state index in [1.165, 1.54) is 0 Å². The average Bonchev–Trinajstić information content (AvgIpc) is 3.02. The lowest BCUT2D eigenvalue weighted by molar-refractivity contribution is 0.675. The third-order valence-electron chi connectivity index (χ3n) is 2.86. The molecule has 3 aromatic rings. The van der Waals surface area contributed by atoms with Crippen LogP contribution in [0.2, 0.25) is 0 Å². The molecule has 0 amide bonds. The van der Waals surface area contributed by atoms with E-state index in [1.807, 2.05) is 35.4 Å². The van der Waals surface area contributed by atoms with Crippen LogP contribution in [-0.4, -0.2) is 26.1 Å². The minimum absolute atomic E-state index is 0.798. The van der Waals surface area contributed by atoms with Crippen LogP contribution in [-0.2, 0) is 13.0 Å². The van der Waals surface area contributed by atoms with Crippen LogP contribution in [0.25, 0.3) is 5.65 Å². The maximum Gasteiger partial charge on any atom is 0.155 e. The molecule has 3 aromatic heterocycles. The molecule has 6 heteroatoms. The van der Waals surface area contributed by atoms with Crippen LogP contribution in [0, 0.1) is 6.92 Å². The Hall–Kier alpha value is -1.79. The lowest BCUT2D eigenvalue weighted by Crippen LogP contribution is -2.17. The first-order valence-electron chi connectivity index (χ1n) is 6.20. The van der Waals surface area contributed by atoms with Gasteiger partial charge >= 0.3 is 0 Å². The van der Waals surface area contributed by atoms with Crippen LogP contribution in [0.5, 0.6) is 0 Å². The molecule has 0 fully saturated rings. The van der Waals surface area contributed by atoms with Gasteiger partial charge in [-0.05, 0) is 6.92 Å². The van der Waals surface area contributed by atoms with Crippen LogP contribution in [0.15, 0.2) is 29.4 Å². The minimum Gasteiger partial charge on any atom is -0.312 e. The van der Waals surface area contributed by atoms with Crippen molar-refractivity contribution in [3.8, 4) is 0 Å². The van der Waals surface area contributed by atoms with Crippen molar-refractivity contribution in [1.82, 2.24) is 24.9 Å². The van der Waals surface area contributed by atoms with Crippen molar-refractivity contribution in [2.24, 2.45) is 0 Å². The number of hydrogen-bond donors (Lipinski definition) is 1. The van der Waals surface area contributed by atoms with Gasteiger partial charge in [0, 0.05) is 48.9 Å². The summed E-state index contributed by atoms with van der Waals surface area (Å²) in [6, 6.07) is 1.97. The first kappa shape index (κ1) is 12.3. The Kier molecular flexibility index (Phi) is 3.52. The number of fused-ring (bicyclic) bond motifs is 1. The lowest BCUT2D eigenvalue weighted by Gasteiger charge is -2.04. The number of aromatic nitrogens is 4. The Bertz CT molecular complexity index is 659. The van der Waals surface area contributed by atoms with Crippen LogP contribution < -0.4 is 5.32 Å². The van der Waals surface area contributed by atoms with Gasteiger partial charge in [-0.3, -0.25) is 0 Å². The number of aryl methyl sites for hydroxylation is 1. The summed E-state index contributed by atoms with van der Waals surface area (Å²) in [5.74, 6) is 0. The van der Waals surface area contributed by atoms with Crippen molar-refractivity contribution in [3.05, 3.63) is 46.3 Å². The molecule has 19 heavy (non-hydrogen) atoms. The van der Waals surface area contributed by atoms with Crippen molar-refractivity contribution >= 4 is 17.0 Å². The minimum atomic E-state index is 0.798. The molecule has 0 aliphatic carbocycles. The van der Waals surface area contributed by atoms with Crippen LogP contribution in [0.4, 0.5) is 0 Å². The molecule has 0 radical (unpaired) electrons. The highest BCUT2D eigenvalue weighted by atomic mass is 32.1. The molecular weight excluding hydrogens is 258 g/mol. The fourth-order valence-corrected chi connectivity index (χ4v) is 2.53. The molecule has 98 valence electrons. The Morgan fingerprint density at radius 2 is 2.32 bits per heavy atom. The smallest absolute Gasteiger partial charge is 0.155 e. The molecule has 1 N–H and O–H groups in total. The monoisotopic (exact) mass is 273 g/mol. The maximum absolute atomic E-state index is 4.38. The Morgan fingerprint density at radius 1 is 1.37 bits per heavy atom. The molecule has 3 heterocycles. The summed E-state index contributed by atoms with van der Waals surface area (Å²) in [4.78, 5) is 8.64. The Labute approximate surface area is 115 Å². The third-order valence-corrected chi connectivity index (χ3v) is 3.49. The van der Waals surface area contributed by atoms with Gasteiger partial charge in [-0.25, -0.2) is 14.5 Å². The number of thiazole rings is 1. The van der Waals surface area contributed by atoms with Gasteiger partial charge in [0.2, 0.25) is 0 Å². The SMILES string of the molecule is Cc1cc2ncc(CNCCc3cscn3)cn2n1. The largest absolute Gasteiger partial charge is 0.312 e. The number of rotatable bonds is 5.